The molecule has 0 heterocycles. The molecule has 0 saturated carbocycles. The second-order valence-electron chi connectivity index (χ2n) is 6.53. The Kier molecular flexibility index (Phi) is 6.36. The van der Waals surface area contributed by atoms with Crippen molar-refractivity contribution in [1.82, 2.24) is 0 Å². The van der Waals surface area contributed by atoms with Crippen molar-refractivity contribution in [2.75, 3.05) is 0 Å². The molecular weight excluding hydrogens is 407 g/mol. The van der Waals surface area contributed by atoms with Crippen LogP contribution >= 0.6 is 0 Å². The van der Waals surface area contributed by atoms with Gasteiger partial charge >= 0.3 is 160 Å². The zero-order chi connectivity index (χ0) is 17.6. The summed E-state index contributed by atoms with van der Waals surface area (Å²) in [6.07, 6.45) is 3.32. The monoisotopic (exact) mass is 435 g/mol. The topological polar surface area (TPSA) is 0 Å². The van der Waals surface area contributed by atoms with Crippen LogP contribution in [0.4, 0.5) is 0 Å². The number of rotatable bonds is 6. The van der Waals surface area contributed by atoms with Crippen molar-refractivity contribution in [2.45, 2.75) is 40.0 Å². The third-order valence-corrected chi connectivity index (χ3v) is 12.8. The molecule has 0 N–H and O–H groups in total. The normalized spacial score (nSPS) is 11.0. The van der Waals surface area contributed by atoms with Gasteiger partial charge in [-0.25, -0.2) is 0 Å². The van der Waals surface area contributed by atoms with Gasteiger partial charge in [0, 0.05) is 0 Å². The maximum absolute atomic E-state index is 2.38. The SMILES string of the molecule is CCc1cc[c]([Sn]([c]2ccc(CC)cc2)[c]2ccc(CC)cc2)cc1. The summed E-state index contributed by atoms with van der Waals surface area (Å²) in [5.41, 5.74) is 4.28. The molecule has 25 heavy (non-hydrogen) atoms. The molecule has 0 aliphatic carbocycles. The van der Waals surface area contributed by atoms with E-state index >= 15 is 0 Å². The Hall–Kier alpha value is -1.54. The van der Waals surface area contributed by atoms with Gasteiger partial charge in [-0.1, -0.05) is 0 Å². The number of benzene rings is 3. The van der Waals surface area contributed by atoms with Gasteiger partial charge in [0.25, 0.3) is 0 Å². The summed E-state index contributed by atoms with van der Waals surface area (Å²) >= 11 is -2.11. The first kappa shape index (κ1) is 18.3. The van der Waals surface area contributed by atoms with E-state index in [2.05, 4.69) is 93.6 Å². The Bertz CT molecular complexity index is 670. The minimum absolute atomic E-state index is 1.11. The van der Waals surface area contributed by atoms with E-state index in [0.29, 0.717) is 0 Å². The predicted molar refractivity (Wildman–Crippen MR) is 112 cm³/mol. The second-order valence-corrected chi connectivity index (χ2v) is 13.6. The molecule has 0 bridgehead atoms. The van der Waals surface area contributed by atoms with E-state index in [9.17, 15) is 0 Å². The van der Waals surface area contributed by atoms with Crippen molar-refractivity contribution in [2.24, 2.45) is 0 Å². The van der Waals surface area contributed by atoms with Crippen LogP contribution in [0.3, 0.4) is 0 Å². The summed E-state index contributed by atoms with van der Waals surface area (Å²) in [5, 5.41) is 0. The van der Waals surface area contributed by atoms with Crippen LogP contribution < -0.4 is 10.7 Å². The van der Waals surface area contributed by atoms with Gasteiger partial charge in [0.15, 0.2) is 0 Å². The molecule has 3 rings (SSSR count). The Labute approximate surface area is 159 Å². The van der Waals surface area contributed by atoms with Gasteiger partial charge in [0.05, 0.1) is 0 Å². The van der Waals surface area contributed by atoms with Gasteiger partial charge in [-0.3, -0.25) is 0 Å². The van der Waals surface area contributed by atoms with Crippen LogP contribution in [0, 0.1) is 0 Å². The fraction of sp³-hybridized carbons (Fsp3) is 0.250. The van der Waals surface area contributed by atoms with Crippen molar-refractivity contribution in [3.8, 4) is 0 Å². The minimum atomic E-state index is -2.11. The molecule has 0 nitrogen and oxygen atoms in total. The van der Waals surface area contributed by atoms with Crippen molar-refractivity contribution in [3.63, 3.8) is 0 Å². The number of hydrogen-bond donors (Lipinski definition) is 0. The summed E-state index contributed by atoms with van der Waals surface area (Å²) in [6, 6.07) is 28.2. The van der Waals surface area contributed by atoms with Crippen LogP contribution in [0.25, 0.3) is 0 Å². The van der Waals surface area contributed by atoms with Crippen molar-refractivity contribution >= 4 is 30.5 Å². The van der Waals surface area contributed by atoms with Crippen LogP contribution in [-0.4, -0.2) is 19.8 Å². The Morgan fingerprint density at radius 2 is 0.680 bits per heavy atom. The van der Waals surface area contributed by atoms with Crippen LogP contribution in [0.15, 0.2) is 72.8 Å². The van der Waals surface area contributed by atoms with Crippen LogP contribution in [0.2, 0.25) is 0 Å². The molecule has 0 aliphatic heterocycles. The van der Waals surface area contributed by atoms with E-state index in [-0.39, 0.29) is 0 Å². The summed E-state index contributed by atoms with van der Waals surface area (Å²) < 4.78 is 4.69. The van der Waals surface area contributed by atoms with Gasteiger partial charge in [0.2, 0.25) is 0 Å². The van der Waals surface area contributed by atoms with Crippen molar-refractivity contribution in [3.05, 3.63) is 89.5 Å². The fourth-order valence-corrected chi connectivity index (χ4v) is 10.4. The second kappa shape index (κ2) is 8.71. The zero-order valence-electron chi connectivity index (χ0n) is 15.5. The van der Waals surface area contributed by atoms with Crippen LogP contribution in [-0.2, 0) is 19.3 Å². The first-order chi connectivity index (χ1) is 12.2. The van der Waals surface area contributed by atoms with Crippen LogP contribution in [0.1, 0.15) is 37.5 Å². The summed E-state index contributed by atoms with van der Waals surface area (Å²) in [4.78, 5) is 0. The van der Waals surface area contributed by atoms with Gasteiger partial charge in [-0.05, 0) is 0 Å². The molecule has 0 saturated heterocycles. The van der Waals surface area contributed by atoms with E-state index in [1.807, 2.05) is 0 Å². The van der Waals surface area contributed by atoms with Crippen LogP contribution in [0.5, 0.6) is 0 Å². The molecule has 0 aromatic heterocycles. The third kappa shape index (κ3) is 4.36. The zero-order valence-corrected chi connectivity index (χ0v) is 18.4. The maximum atomic E-state index is 2.38. The van der Waals surface area contributed by atoms with E-state index in [1.165, 1.54) is 16.7 Å². The number of aryl methyl sites for hydroxylation is 3. The van der Waals surface area contributed by atoms with Gasteiger partial charge in [-0.15, -0.1) is 0 Å². The predicted octanol–water partition coefficient (Wildman–Crippen LogP) is 3.89. The summed E-state index contributed by atoms with van der Waals surface area (Å²) in [7, 11) is 0. The standard InChI is InChI=1S/3C8H9.Sn/c3*1-2-8-6-4-3-5-7-8;/h3*4-7H,2H2,1H3;. The summed E-state index contributed by atoms with van der Waals surface area (Å²) in [5.74, 6) is 0. The molecule has 1 radical (unpaired) electrons. The first-order valence-electron chi connectivity index (χ1n) is 9.40. The molecule has 0 aliphatic rings. The average Bonchev–Trinajstić information content (AvgIpc) is 2.70. The molecule has 3 aromatic carbocycles. The molecule has 0 atom stereocenters. The third-order valence-electron chi connectivity index (χ3n) is 4.95. The van der Waals surface area contributed by atoms with E-state index in [1.54, 1.807) is 10.7 Å². The molecule has 0 unspecified atom stereocenters. The molecule has 3 aromatic rings. The Balaban J connectivity index is 2.04. The van der Waals surface area contributed by atoms with E-state index < -0.39 is 19.8 Å². The van der Waals surface area contributed by atoms with Gasteiger partial charge in [-0.2, -0.15) is 0 Å². The summed E-state index contributed by atoms with van der Waals surface area (Å²) in [6.45, 7) is 6.67. The molecular formula is C24H27Sn. The van der Waals surface area contributed by atoms with Crippen molar-refractivity contribution < 1.29 is 0 Å². The number of hydrogen-bond acceptors (Lipinski definition) is 0. The van der Waals surface area contributed by atoms with Gasteiger partial charge in [0.1, 0.15) is 0 Å². The van der Waals surface area contributed by atoms with E-state index in [4.69, 9.17) is 0 Å². The van der Waals surface area contributed by atoms with Gasteiger partial charge < -0.3 is 0 Å². The Morgan fingerprint density at radius 1 is 0.440 bits per heavy atom. The Morgan fingerprint density at radius 3 is 0.880 bits per heavy atom. The molecule has 1 heteroatoms. The van der Waals surface area contributed by atoms with Crippen molar-refractivity contribution in [1.29, 1.82) is 0 Å². The quantitative estimate of drug-likeness (QED) is 0.517. The molecule has 0 amide bonds. The first-order valence-corrected chi connectivity index (χ1v) is 13.7. The molecule has 0 spiro atoms. The fourth-order valence-electron chi connectivity index (χ4n) is 3.22. The van der Waals surface area contributed by atoms with E-state index in [0.717, 1.165) is 19.3 Å². The molecule has 0 fully saturated rings. The molecule has 127 valence electrons. The average molecular weight is 434 g/mol.